The second-order valence-electron chi connectivity index (χ2n) is 6.11. The van der Waals surface area contributed by atoms with E-state index in [4.69, 9.17) is 5.73 Å². The Hall–Kier alpha value is -0.900. The lowest BCUT2D eigenvalue weighted by Crippen LogP contribution is -2.47. The molecule has 0 aromatic heterocycles. The maximum atomic E-state index is 5.81. The van der Waals surface area contributed by atoms with Crippen LogP contribution in [0.4, 0.5) is 0 Å². The highest BCUT2D eigenvalue weighted by Gasteiger charge is 2.25. The van der Waals surface area contributed by atoms with Crippen molar-refractivity contribution in [1.29, 1.82) is 0 Å². The Morgan fingerprint density at radius 1 is 1.20 bits per heavy atom. The Balaban J connectivity index is 1.92. The van der Waals surface area contributed by atoms with E-state index in [1.54, 1.807) is 0 Å². The molecule has 112 valence electrons. The Bertz CT molecular complexity index is 369. The molecule has 1 saturated heterocycles. The summed E-state index contributed by atoms with van der Waals surface area (Å²) in [6.45, 7) is 9.81. The number of likely N-dealkylation sites (tertiary alicyclic amines) is 1. The molecule has 2 N–H and O–H groups in total. The van der Waals surface area contributed by atoms with Gasteiger partial charge in [-0.1, -0.05) is 30.3 Å². The first kappa shape index (κ1) is 15.5. The van der Waals surface area contributed by atoms with Crippen molar-refractivity contribution in [3.8, 4) is 0 Å². The van der Waals surface area contributed by atoms with E-state index in [9.17, 15) is 0 Å². The predicted molar refractivity (Wildman–Crippen MR) is 85.6 cm³/mol. The zero-order valence-corrected chi connectivity index (χ0v) is 13.0. The second-order valence-corrected chi connectivity index (χ2v) is 6.11. The molecule has 1 aliphatic rings. The van der Waals surface area contributed by atoms with Crippen LogP contribution < -0.4 is 5.73 Å². The average Bonchev–Trinajstić information content (AvgIpc) is 2.48. The summed E-state index contributed by atoms with van der Waals surface area (Å²) in [5, 5.41) is 0. The molecule has 0 unspecified atom stereocenters. The SMILES string of the molecule is CC(C)N1CCC(N(CCN)Cc2ccccc2)CC1. The molecule has 1 aromatic rings. The first-order valence-corrected chi connectivity index (χ1v) is 7.92. The molecule has 2 rings (SSSR count). The van der Waals surface area contributed by atoms with Crippen molar-refractivity contribution in [2.45, 2.75) is 45.3 Å². The summed E-state index contributed by atoms with van der Waals surface area (Å²) in [6.07, 6.45) is 2.54. The maximum Gasteiger partial charge on any atom is 0.0237 e. The zero-order valence-electron chi connectivity index (χ0n) is 13.0. The van der Waals surface area contributed by atoms with Gasteiger partial charge in [0.05, 0.1) is 0 Å². The summed E-state index contributed by atoms with van der Waals surface area (Å²) >= 11 is 0. The van der Waals surface area contributed by atoms with Gasteiger partial charge in [0.25, 0.3) is 0 Å². The molecule has 1 heterocycles. The number of benzene rings is 1. The molecule has 0 radical (unpaired) electrons. The number of hydrogen-bond acceptors (Lipinski definition) is 3. The number of rotatable bonds is 6. The van der Waals surface area contributed by atoms with Crippen molar-refractivity contribution in [1.82, 2.24) is 9.80 Å². The molecular weight excluding hydrogens is 246 g/mol. The first-order valence-electron chi connectivity index (χ1n) is 7.92. The van der Waals surface area contributed by atoms with Gasteiger partial charge in [0.1, 0.15) is 0 Å². The van der Waals surface area contributed by atoms with Gasteiger partial charge in [-0.15, -0.1) is 0 Å². The summed E-state index contributed by atoms with van der Waals surface area (Å²) in [4.78, 5) is 5.16. The van der Waals surface area contributed by atoms with E-state index in [-0.39, 0.29) is 0 Å². The highest BCUT2D eigenvalue weighted by atomic mass is 15.2. The quantitative estimate of drug-likeness (QED) is 0.865. The molecule has 0 amide bonds. The van der Waals surface area contributed by atoms with Crippen molar-refractivity contribution >= 4 is 0 Å². The molecule has 0 aliphatic carbocycles. The Kier molecular flexibility index (Phi) is 6.02. The molecule has 0 saturated carbocycles. The molecule has 1 fully saturated rings. The molecule has 1 aromatic carbocycles. The third-order valence-electron chi connectivity index (χ3n) is 4.39. The van der Waals surface area contributed by atoms with Gasteiger partial charge < -0.3 is 10.6 Å². The third-order valence-corrected chi connectivity index (χ3v) is 4.39. The van der Waals surface area contributed by atoms with E-state index < -0.39 is 0 Å². The van der Waals surface area contributed by atoms with Crippen LogP contribution in [0.3, 0.4) is 0 Å². The smallest absolute Gasteiger partial charge is 0.0237 e. The van der Waals surface area contributed by atoms with Crippen molar-refractivity contribution in [2.24, 2.45) is 5.73 Å². The van der Waals surface area contributed by atoms with E-state index in [1.807, 2.05) is 0 Å². The number of piperidine rings is 1. The average molecular weight is 275 g/mol. The fourth-order valence-electron chi connectivity index (χ4n) is 3.14. The standard InChI is InChI=1S/C17H29N3/c1-15(2)19-11-8-17(9-12-19)20(13-10-18)14-16-6-4-3-5-7-16/h3-7,15,17H,8-14,18H2,1-2H3. The maximum absolute atomic E-state index is 5.81. The summed E-state index contributed by atoms with van der Waals surface area (Å²) < 4.78 is 0. The largest absolute Gasteiger partial charge is 0.329 e. The van der Waals surface area contributed by atoms with Gasteiger partial charge in [-0.05, 0) is 45.3 Å². The highest BCUT2D eigenvalue weighted by Crippen LogP contribution is 2.20. The number of hydrogen-bond donors (Lipinski definition) is 1. The molecule has 20 heavy (non-hydrogen) atoms. The second kappa shape index (κ2) is 7.77. The monoisotopic (exact) mass is 275 g/mol. The van der Waals surface area contributed by atoms with Crippen molar-refractivity contribution < 1.29 is 0 Å². The van der Waals surface area contributed by atoms with E-state index in [0.717, 1.165) is 19.6 Å². The Morgan fingerprint density at radius 3 is 2.40 bits per heavy atom. The lowest BCUT2D eigenvalue weighted by molar-refractivity contribution is 0.0893. The van der Waals surface area contributed by atoms with Crippen LogP contribution in [0, 0.1) is 0 Å². The van der Waals surface area contributed by atoms with Gasteiger partial charge in [-0.2, -0.15) is 0 Å². The molecule has 0 atom stereocenters. The van der Waals surface area contributed by atoms with Crippen LogP contribution >= 0.6 is 0 Å². The van der Waals surface area contributed by atoms with Crippen molar-refractivity contribution in [3.63, 3.8) is 0 Å². The van der Waals surface area contributed by atoms with Gasteiger partial charge in [0, 0.05) is 31.7 Å². The predicted octanol–water partition coefficient (Wildman–Crippen LogP) is 2.32. The minimum absolute atomic E-state index is 0.674. The van der Waals surface area contributed by atoms with Gasteiger partial charge in [-0.3, -0.25) is 4.90 Å². The zero-order chi connectivity index (χ0) is 14.4. The topological polar surface area (TPSA) is 32.5 Å². The fraction of sp³-hybridized carbons (Fsp3) is 0.647. The van der Waals surface area contributed by atoms with Gasteiger partial charge in [0.15, 0.2) is 0 Å². The van der Waals surface area contributed by atoms with Crippen LogP contribution in [0.1, 0.15) is 32.3 Å². The van der Waals surface area contributed by atoms with Crippen LogP contribution in [0.2, 0.25) is 0 Å². The van der Waals surface area contributed by atoms with Gasteiger partial charge in [0.2, 0.25) is 0 Å². The van der Waals surface area contributed by atoms with Crippen LogP contribution in [-0.2, 0) is 6.54 Å². The molecule has 3 heteroatoms. The first-order chi connectivity index (χ1) is 9.70. The summed E-state index contributed by atoms with van der Waals surface area (Å²) in [6, 6.07) is 12.1. The third kappa shape index (κ3) is 4.30. The van der Waals surface area contributed by atoms with E-state index in [0.29, 0.717) is 12.1 Å². The van der Waals surface area contributed by atoms with Crippen LogP contribution in [-0.4, -0.2) is 48.1 Å². The lowest BCUT2D eigenvalue weighted by Gasteiger charge is -2.40. The molecular formula is C17H29N3. The van der Waals surface area contributed by atoms with Crippen LogP contribution in [0.15, 0.2) is 30.3 Å². The molecule has 1 aliphatic heterocycles. The van der Waals surface area contributed by atoms with E-state index >= 15 is 0 Å². The van der Waals surface area contributed by atoms with Gasteiger partial charge in [-0.25, -0.2) is 0 Å². The minimum atomic E-state index is 0.674. The summed E-state index contributed by atoms with van der Waals surface area (Å²) in [7, 11) is 0. The minimum Gasteiger partial charge on any atom is -0.329 e. The molecule has 3 nitrogen and oxygen atoms in total. The van der Waals surface area contributed by atoms with E-state index in [2.05, 4.69) is 54.0 Å². The summed E-state index contributed by atoms with van der Waals surface area (Å²) in [5.74, 6) is 0. The Labute approximate surface area is 123 Å². The van der Waals surface area contributed by atoms with Crippen molar-refractivity contribution in [3.05, 3.63) is 35.9 Å². The van der Waals surface area contributed by atoms with Crippen LogP contribution in [0.25, 0.3) is 0 Å². The van der Waals surface area contributed by atoms with E-state index in [1.165, 1.54) is 31.5 Å². The Morgan fingerprint density at radius 2 is 1.85 bits per heavy atom. The molecule has 0 bridgehead atoms. The van der Waals surface area contributed by atoms with Crippen LogP contribution in [0.5, 0.6) is 0 Å². The highest BCUT2D eigenvalue weighted by molar-refractivity contribution is 5.14. The molecule has 0 spiro atoms. The number of nitrogens with two attached hydrogens (primary N) is 1. The fourth-order valence-corrected chi connectivity index (χ4v) is 3.14. The van der Waals surface area contributed by atoms with Gasteiger partial charge >= 0.3 is 0 Å². The number of nitrogens with zero attached hydrogens (tertiary/aromatic N) is 2. The van der Waals surface area contributed by atoms with Crippen molar-refractivity contribution in [2.75, 3.05) is 26.2 Å². The normalized spacial score (nSPS) is 18.1. The summed E-state index contributed by atoms with van der Waals surface area (Å²) in [5.41, 5.74) is 7.21. The lowest BCUT2D eigenvalue weighted by atomic mass is 10.0.